The van der Waals surface area contributed by atoms with Crippen LogP contribution in [0.5, 0.6) is 5.75 Å². The molecule has 2 aromatic rings. The van der Waals surface area contributed by atoms with Gasteiger partial charge in [-0.1, -0.05) is 34.6 Å². The van der Waals surface area contributed by atoms with Crippen LogP contribution in [0.25, 0.3) is 10.8 Å². The number of fused-ring (bicyclic) bond motifs is 1. The summed E-state index contributed by atoms with van der Waals surface area (Å²) in [5.74, 6) is -15.6. The topological polar surface area (TPSA) is 63.6 Å². The summed E-state index contributed by atoms with van der Waals surface area (Å²) in [5.41, 5.74) is 0. The Morgan fingerprint density at radius 2 is 1.30 bits per heavy atom. The van der Waals surface area contributed by atoms with E-state index in [1.54, 1.807) is 0 Å². The Morgan fingerprint density at radius 1 is 0.788 bits per heavy atom. The third kappa shape index (κ3) is 3.81. The highest BCUT2D eigenvalue weighted by Crippen LogP contribution is 2.66. The number of alkyl halides is 9. The van der Waals surface area contributed by atoms with Crippen molar-refractivity contribution in [2.45, 2.75) is 41.0 Å². The van der Waals surface area contributed by atoms with E-state index in [1.165, 1.54) is 24.3 Å². The number of hydrogen-bond acceptors (Lipinski definition) is 4. The van der Waals surface area contributed by atoms with Crippen molar-refractivity contribution in [1.29, 1.82) is 0 Å². The predicted molar refractivity (Wildman–Crippen MR) is 101 cm³/mol. The normalized spacial score (nSPS) is 19.1. The Morgan fingerprint density at radius 3 is 1.82 bits per heavy atom. The van der Waals surface area contributed by atoms with Gasteiger partial charge in [-0.15, -0.1) is 0 Å². The molecule has 1 aliphatic rings. The van der Waals surface area contributed by atoms with Crippen LogP contribution in [-0.4, -0.2) is 48.3 Å². The highest BCUT2D eigenvalue weighted by Gasteiger charge is 2.86. The summed E-state index contributed by atoms with van der Waals surface area (Å²) in [6.45, 7) is 0. The van der Waals surface area contributed by atoms with Crippen LogP contribution < -0.4 is 0 Å². The highest BCUT2D eigenvalue weighted by atomic mass is 32.3. The van der Waals surface area contributed by atoms with E-state index < -0.39 is 43.7 Å². The minimum Gasteiger partial charge on any atom is -0.507 e. The van der Waals surface area contributed by atoms with Crippen LogP contribution in [0, 0.1) is 0 Å². The fourth-order valence-corrected chi connectivity index (χ4v) is 9.28. The zero-order valence-electron chi connectivity index (χ0n) is 16.2. The molecular formula is C18H15F9O4S2. The molecule has 1 N–H and O–H groups in total. The number of hydrogen-bond donors (Lipinski definition) is 1. The second kappa shape index (κ2) is 7.83. The van der Waals surface area contributed by atoms with E-state index in [0.29, 0.717) is 0 Å². The van der Waals surface area contributed by atoms with E-state index in [0.717, 1.165) is 12.1 Å². The van der Waals surface area contributed by atoms with Gasteiger partial charge in [0.05, 0.1) is 0 Å². The monoisotopic (exact) mass is 530 g/mol. The second-order valence-corrected chi connectivity index (χ2v) is 12.1. The van der Waals surface area contributed by atoms with Crippen molar-refractivity contribution < 1.29 is 56.7 Å². The Bertz CT molecular complexity index is 1160. The first kappa shape index (κ1) is 25.7. The lowest BCUT2D eigenvalue weighted by Gasteiger charge is -2.38. The van der Waals surface area contributed by atoms with Crippen molar-refractivity contribution in [2.75, 3.05) is 11.5 Å². The van der Waals surface area contributed by atoms with Crippen LogP contribution in [0.4, 0.5) is 39.5 Å². The van der Waals surface area contributed by atoms with Crippen LogP contribution in [0.1, 0.15) is 12.8 Å². The SMILES string of the molecule is O=S(=O)(OS1(c2ccc(O)c3ccccc23)CCCC1)C(F)(F)C(F)(F)C(F)(F)C(F)(F)F. The zero-order chi connectivity index (χ0) is 25.1. The maximum absolute atomic E-state index is 14.3. The third-order valence-corrected chi connectivity index (χ3v) is 10.8. The van der Waals surface area contributed by atoms with Crippen molar-refractivity contribution in [1.82, 2.24) is 0 Å². The summed E-state index contributed by atoms with van der Waals surface area (Å²) < 4.78 is 149. The molecule has 15 heteroatoms. The van der Waals surface area contributed by atoms with E-state index in [2.05, 4.69) is 3.63 Å². The Labute approximate surface area is 183 Å². The van der Waals surface area contributed by atoms with Crippen LogP contribution >= 0.6 is 10.3 Å². The second-order valence-electron chi connectivity index (χ2n) is 7.24. The summed E-state index contributed by atoms with van der Waals surface area (Å²) in [5, 5.41) is 3.34. The van der Waals surface area contributed by atoms with E-state index in [-0.39, 0.29) is 45.8 Å². The summed E-state index contributed by atoms with van der Waals surface area (Å²) >= 11 is 0. The molecule has 0 unspecified atom stereocenters. The molecule has 0 aliphatic carbocycles. The summed E-state index contributed by atoms with van der Waals surface area (Å²) in [6, 6.07) is 7.86. The van der Waals surface area contributed by atoms with Crippen molar-refractivity contribution in [2.24, 2.45) is 0 Å². The van der Waals surface area contributed by atoms with Gasteiger partial charge in [-0.3, -0.25) is 0 Å². The number of aromatic hydroxyl groups is 1. The largest absolute Gasteiger partial charge is 0.507 e. The fourth-order valence-electron chi connectivity index (χ4n) is 3.41. The maximum Gasteiger partial charge on any atom is 0.460 e. The quantitative estimate of drug-likeness (QED) is 0.453. The summed E-state index contributed by atoms with van der Waals surface area (Å²) in [4.78, 5) is -0.0568. The molecule has 4 nitrogen and oxygen atoms in total. The van der Waals surface area contributed by atoms with E-state index in [1.807, 2.05) is 0 Å². The van der Waals surface area contributed by atoms with Crippen molar-refractivity contribution in [3.05, 3.63) is 36.4 Å². The molecule has 3 rings (SSSR count). The molecule has 0 bridgehead atoms. The van der Waals surface area contributed by atoms with Gasteiger partial charge in [0.2, 0.25) is 0 Å². The van der Waals surface area contributed by atoms with Crippen molar-refractivity contribution >= 4 is 31.2 Å². The van der Waals surface area contributed by atoms with E-state index in [9.17, 15) is 53.0 Å². The van der Waals surface area contributed by atoms with E-state index in [4.69, 9.17) is 0 Å². The van der Waals surface area contributed by atoms with Crippen molar-refractivity contribution in [3.63, 3.8) is 0 Å². The van der Waals surface area contributed by atoms with E-state index >= 15 is 0 Å². The minimum absolute atomic E-state index is 0.0568. The van der Waals surface area contributed by atoms with Gasteiger partial charge in [0.1, 0.15) is 5.75 Å². The lowest BCUT2D eigenvalue weighted by atomic mass is 10.1. The third-order valence-electron chi connectivity index (χ3n) is 5.11. The summed E-state index contributed by atoms with van der Waals surface area (Å²) in [6.07, 6.45) is -6.80. The van der Waals surface area contributed by atoms with Crippen molar-refractivity contribution in [3.8, 4) is 5.75 Å². The minimum atomic E-state index is -7.37. The van der Waals surface area contributed by atoms with Crippen LogP contribution in [0.15, 0.2) is 41.3 Å². The molecule has 1 saturated heterocycles. The Hall–Kier alpha value is -1.87. The molecule has 186 valence electrons. The molecule has 0 saturated carbocycles. The lowest BCUT2D eigenvalue weighted by Crippen LogP contribution is -2.63. The van der Waals surface area contributed by atoms with Gasteiger partial charge in [0.25, 0.3) is 0 Å². The molecule has 0 amide bonds. The van der Waals surface area contributed by atoms with Gasteiger partial charge in [-0.05, 0) is 30.4 Å². The molecule has 0 radical (unpaired) electrons. The molecular weight excluding hydrogens is 515 g/mol. The number of benzene rings is 2. The fraction of sp³-hybridized carbons (Fsp3) is 0.444. The Kier molecular flexibility index (Phi) is 6.11. The average Bonchev–Trinajstić information content (AvgIpc) is 3.15. The first-order chi connectivity index (χ1) is 14.9. The first-order valence-electron chi connectivity index (χ1n) is 9.06. The predicted octanol–water partition coefficient (Wildman–Crippen LogP) is 6.19. The standard InChI is InChI=1S/C18H15F9O4S2/c19-15(20,17(23,24)25)16(21,22)18(26,27)33(29,30)31-32(9-3-4-10-32)14-8-7-13(28)11-5-1-2-6-12(11)14/h1-2,5-8,28H,3-4,9-10H2. The smallest absolute Gasteiger partial charge is 0.460 e. The Balaban J connectivity index is 2.14. The lowest BCUT2D eigenvalue weighted by molar-refractivity contribution is -0.382. The zero-order valence-corrected chi connectivity index (χ0v) is 17.8. The molecule has 2 aromatic carbocycles. The average molecular weight is 530 g/mol. The van der Waals surface area contributed by atoms with Gasteiger partial charge < -0.3 is 5.11 Å². The van der Waals surface area contributed by atoms with Gasteiger partial charge in [0, 0.05) is 21.8 Å². The molecule has 33 heavy (non-hydrogen) atoms. The molecule has 1 aliphatic heterocycles. The molecule has 0 aromatic heterocycles. The van der Waals surface area contributed by atoms with Gasteiger partial charge in [-0.25, -0.2) is 3.63 Å². The van der Waals surface area contributed by atoms with Gasteiger partial charge >= 0.3 is 33.4 Å². The number of halogens is 9. The molecule has 0 spiro atoms. The molecule has 1 heterocycles. The molecule has 0 atom stereocenters. The summed E-state index contributed by atoms with van der Waals surface area (Å²) in [7, 11) is -10.4. The highest BCUT2D eigenvalue weighted by molar-refractivity contribution is 8.33. The number of phenols is 1. The number of phenolic OH excluding ortho intramolecular Hbond substituents is 1. The van der Waals surface area contributed by atoms with Crippen LogP contribution in [0.3, 0.4) is 0 Å². The molecule has 1 fully saturated rings. The van der Waals surface area contributed by atoms with Gasteiger partial charge in [0.15, 0.2) is 0 Å². The van der Waals surface area contributed by atoms with Crippen LogP contribution in [0.2, 0.25) is 0 Å². The van der Waals surface area contributed by atoms with Gasteiger partial charge in [-0.2, -0.15) is 47.9 Å². The first-order valence-corrected chi connectivity index (χ1v) is 12.4. The number of rotatable bonds is 6. The van der Waals surface area contributed by atoms with Crippen LogP contribution in [-0.2, 0) is 13.7 Å². The maximum atomic E-state index is 14.3.